The highest BCUT2D eigenvalue weighted by molar-refractivity contribution is 7.89. The first-order valence-electron chi connectivity index (χ1n) is 7.53. The zero-order valence-corrected chi connectivity index (χ0v) is 13.7. The Morgan fingerprint density at radius 3 is 2.21 bits per heavy atom. The predicted molar refractivity (Wildman–Crippen MR) is 80.7 cm³/mol. The third-order valence-corrected chi connectivity index (χ3v) is 5.76. The van der Waals surface area contributed by atoms with Crippen LogP contribution in [-0.4, -0.2) is 44.2 Å². The van der Waals surface area contributed by atoms with E-state index in [1.54, 1.807) is 4.31 Å². The Kier molecular flexibility index (Phi) is 6.77. The molecule has 0 unspecified atom stereocenters. The summed E-state index contributed by atoms with van der Waals surface area (Å²) in [6.07, 6.45) is 3.04. The Balaban J connectivity index is 2.55. The average molecular weight is 290 g/mol. The van der Waals surface area contributed by atoms with Crippen LogP contribution in [0.3, 0.4) is 0 Å². The zero-order chi connectivity index (χ0) is 14.5. The predicted octanol–water partition coefficient (Wildman–Crippen LogP) is 2.07. The molecular weight excluding hydrogens is 260 g/mol. The maximum Gasteiger partial charge on any atom is 0.214 e. The maximum atomic E-state index is 12.5. The molecule has 0 bridgehead atoms. The molecule has 114 valence electrons. The second-order valence-corrected chi connectivity index (χ2v) is 8.40. The van der Waals surface area contributed by atoms with Crippen molar-refractivity contribution in [3.05, 3.63) is 0 Å². The third-order valence-electron chi connectivity index (χ3n) is 3.72. The molecule has 0 spiro atoms. The fraction of sp³-hybridized carbons (Fsp3) is 1.00. The van der Waals surface area contributed by atoms with E-state index in [1.165, 1.54) is 0 Å². The summed E-state index contributed by atoms with van der Waals surface area (Å²) in [5.41, 5.74) is 0. The molecule has 1 aliphatic heterocycles. The van der Waals surface area contributed by atoms with Crippen LogP contribution < -0.4 is 5.32 Å². The minimum atomic E-state index is -3.10. The first-order valence-corrected chi connectivity index (χ1v) is 9.14. The second-order valence-electron chi connectivity index (χ2n) is 6.36. The topological polar surface area (TPSA) is 49.4 Å². The lowest BCUT2D eigenvalue weighted by molar-refractivity contribution is 0.313. The quantitative estimate of drug-likeness (QED) is 0.781. The van der Waals surface area contributed by atoms with Crippen molar-refractivity contribution in [2.45, 2.75) is 53.0 Å². The van der Waals surface area contributed by atoms with E-state index in [0.29, 0.717) is 24.1 Å². The number of sulfonamides is 1. The van der Waals surface area contributed by atoms with Crippen molar-refractivity contribution in [3.63, 3.8) is 0 Å². The number of piperidine rings is 1. The molecule has 1 heterocycles. The van der Waals surface area contributed by atoms with Gasteiger partial charge in [-0.15, -0.1) is 0 Å². The molecule has 0 aromatic carbocycles. The second kappa shape index (κ2) is 7.60. The molecule has 0 aliphatic carbocycles. The van der Waals surface area contributed by atoms with Crippen LogP contribution in [0.4, 0.5) is 0 Å². The van der Waals surface area contributed by atoms with E-state index in [0.717, 1.165) is 32.4 Å². The molecule has 1 aliphatic rings. The Morgan fingerprint density at radius 1 is 1.16 bits per heavy atom. The number of hydrogen-bond donors (Lipinski definition) is 1. The van der Waals surface area contributed by atoms with Gasteiger partial charge < -0.3 is 5.32 Å². The van der Waals surface area contributed by atoms with Crippen LogP contribution in [0.2, 0.25) is 0 Å². The molecule has 0 aromatic rings. The molecule has 0 atom stereocenters. The molecule has 19 heavy (non-hydrogen) atoms. The number of hydrogen-bond acceptors (Lipinski definition) is 3. The molecule has 1 fully saturated rings. The first-order chi connectivity index (χ1) is 8.83. The van der Waals surface area contributed by atoms with Crippen LogP contribution in [0.15, 0.2) is 0 Å². The molecule has 4 nitrogen and oxygen atoms in total. The SMILES string of the molecule is CC(C)CN(C(C)C)S(=O)(=O)CCC1CCNCC1. The third kappa shape index (κ3) is 5.79. The van der Waals surface area contributed by atoms with Crippen molar-refractivity contribution < 1.29 is 8.42 Å². The van der Waals surface area contributed by atoms with Gasteiger partial charge in [-0.05, 0) is 58.0 Å². The standard InChI is InChI=1S/C14H30N2O2S/c1-12(2)11-16(13(3)4)19(17,18)10-7-14-5-8-15-9-6-14/h12-15H,5-11H2,1-4H3. The van der Waals surface area contributed by atoms with E-state index in [-0.39, 0.29) is 6.04 Å². The van der Waals surface area contributed by atoms with Gasteiger partial charge in [0.05, 0.1) is 5.75 Å². The van der Waals surface area contributed by atoms with Gasteiger partial charge in [0.2, 0.25) is 10.0 Å². The molecule has 0 aromatic heterocycles. The van der Waals surface area contributed by atoms with E-state index in [9.17, 15) is 8.42 Å². The molecule has 0 amide bonds. The largest absolute Gasteiger partial charge is 0.317 e. The van der Waals surface area contributed by atoms with Crippen molar-refractivity contribution >= 4 is 10.0 Å². The minimum Gasteiger partial charge on any atom is -0.317 e. The zero-order valence-electron chi connectivity index (χ0n) is 12.9. The van der Waals surface area contributed by atoms with Crippen LogP contribution in [-0.2, 0) is 10.0 Å². The van der Waals surface area contributed by atoms with Crippen molar-refractivity contribution in [2.75, 3.05) is 25.4 Å². The summed E-state index contributed by atoms with van der Waals surface area (Å²) in [4.78, 5) is 0. The first kappa shape index (κ1) is 16.9. The monoisotopic (exact) mass is 290 g/mol. The summed E-state index contributed by atoms with van der Waals surface area (Å²) in [5, 5.41) is 3.32. The van der Waals surface area contributed by atoms with Gasteiger partial charge in [-0.25, -0.2) is 8.42 Å². The summed E-state index contributed by atoms with van der Waals surface area (Å²) in [7, 11) is -3.10. The summed E-state index contributed by atoms with van der Waals surface area (Å²) >= 11 is 0. The normalized spacial score (nSPS) is 18.7. The van der Waals surface area contributed by atoms with Crippen molar-refractivity contribution in [3.8, 4) is 0 Å². The van der Waals surface area contributed by atoms with Crippen molar-refractivity contribution in [2.24, 2.45) is 11.8 Å². The van der Waals surface area contributed by atoms with Crippen LogP contribution >= 0.6 is 0 Å². The maximum absolute atomic E-state index is 12.5. The molecular formula is C14H30N2O2S. The molecule has 0 radical (unpaired) electrons. The van der Waals surface area contributed by atoms with Gasteiger partial charge in [-0.3, -0.25) is 0 Å². The van der Waals surface area contributed by atoms with E-state index in [2.05, 4.69) is 19.2 Å². The van der Waals surface area contributed by atoms with E-state index < -0.39 is 10.0 Å². The van der Waals surface area contributed by atoms with E-state index in [1.807, 2.05) is 13.8 Å². The fourth-order valence-electron chi connectivity index (χ4n) is 2.61. The average Bonchev–Trinajstić information content (AvgIpc) is 2.34. The Hall–Kier alpha value is -0.130. The Bertz CT molecular complexity index is 346. The molecule has 1 saturated heterocycles. The van der Waals surface area contributed by atoms with Gasteiger partial charge in [0.25, 0.3) is 0 Å². The lowest BCUT2D eigenvalue weighted by Gasteiger charge is -2.29. The van der Waals surface area contributed by atoms with E-state index >= 15 is 0 Å². The number of nitrogens with one attached hydrogen (secondary N) is 1. The lowest BCUT2D eigenvalue weighted by Crippen LogP contribution is -2.41. The van der Waals surface area contributed by atoms with Gasteiger partial charge in [0, 0.05) is 12.6 Å². The van der Waals surface area contributed by atoms with Crippen LogP contribution in [0, 0.1) is 11.8 Å². The highest BCUT2D eigenvalue weighted by Crippen LogP contribution is 2.19. The highest BCUT2D eigenvalue weighted by atomic mass is 32.2. The van der Waals surface area contributed by atoms with Crippen LogP contribution in [0.5, 0.6) is 0 Å². The van der Waals surface area contributed by atoms with Crippen molar-refractivity contribution in [1.29, 1.82) is 0 Å². The van der Waals surface area contributed by atoms with Gasteiger partial charge in [-0.1, -0.05) is 13.8 Å². The smallest absolute Gasteiger partial charge is 0.214 e. The van der Waals surface area contributed by atoms with Gasteiger partial charge in [0.15, 0.2) is 0 Å². The molecule has 5 heteroatoms. The number of nitrogens with zero attached hydrogens (tertiary/aromatic N) is 1. The van der Waals surface area contributed by atoms with Crippen molar-refractivity contribution in [1.82, 2.24) is 9.62 Å². The van der Waals surface area contributed by atoms with E-state index in [4.69, 9.17) is 0 Å². The summed E-state index contributed by atoms with van der Waals surface area (Å²) in [5.74, 6) is 1.25. The van der Waals surface area contributed by atoms with Gasteiger partial charge in [-0.2, -0.15) is 4.31 Å². The summed E-state index contributed by atoms with van der Waals surface area (Å²) in [6, 6.07) is 0.0559. The number of rotatable bonds is 7. The molecule has 0 saturated carbocycles. The Labute approximate surface area is 119 Å². The van der Waals surface area contributed by atoms with Gasteiger partial charge in [0.1, 0.15) is 0 Å². The van der Waals surface area contributed by atoms with Gasteiger partial charge >= 0.3 is 0 Å². The van der Waals surface area contributed by atoms with Crippen LogP contribution in [0.25, 0.3) is 0 Å². The highest BCUT2D eigenvalue weighted by Gasteiger charge is 2.26. The fourth-order valence-corrected chi connectivity index (χ4v) is 4.64. The minimum absolute atomic E-state index is 0.0559. The van der Waals surface area contributed by atoms with Crippen LogP contribution in [0.1, 0.15) is 47.0 Å². The summed E-state index contributed by atoms with van der Waals surface area (Å²) < 4.78 is 26.6. The molecule has 1 N–H and O–H groups in total. The summed E-state index contributed by atoms with van der Waals surface area (Å²) in [6.45, 7) is 10.8. The lowest BCUT2D eigenvalue weighted by atomic mass is 9.96. The Morgan fingerprint density at radius 2 is 1.74 bits per heavy atom. The molecule has 1 rings (SSSR count).